The molecule has 1 aromatic heterocycles. The van der Waals surface area contributed by atoms with E-state index in [4.69, 9.17) is 21.7 Å². The highest BCUT2D eigenvalue weighted by Crippen LogP contribution is 2.40. The van der Waals surface area contributed by atoms with Gasteiger partial charge in [-0.05, 0) is 31.3 Å². The number of rotatable bonds is 3. The summed E-state index contributed by atoms with van der Waals surface area (Å²) in [6.07, 6.45) is 0. The highest BCUT2D eigenvalue weighted by atomic mass is 32.1. The first kappa shape index (κ1) is 12.1. The zero-order valence-corrected chi connectivity index (χ0v) is 11.5. The van der Waals surface area contributed by atoms with Crippen LogP contribution in [0.5, 0.6) is 11.5 Å². The smallest absolute Gasteiger partial charge is 0.169 e. The fourth-order valence-electron chi connectivity index (χ4n) is 1.73. The van der Waals surface area contributed by atoms with Crippen molar-refractivity contribution in [2.45, 2.75) is 6.92 Å². The van der Waals surface area contributed by atoms with E-state index >= 15 is 0 Å². The van der Waals surface area contributed by atoms with Crippen molar-refractivity contribution >= 4 is 23.6 Å². The van der Waals surface area contributed by atoms with Crippen LogP contribution >= 0.6 is 23.6 Å². The fraction of sp³-hybridized carbons (Fsp3) is 0.250. The van der Waals surface area contributed by atoms with E-state index in [0.29, 0.717) is 0 Å². The summed E-state index contributed by atoms with van der Waals surface area (Å²) in [6.45, 7) is 2.00. The minimum absolute atomic E-state index is 0.726. The Hall–Kier alpha value is -1.33. The first-order chi connectivity index (χ1) is 8.17. The van der Waals surface area contributed by atoms with Crippen molar-refractivity contribution in [3.05, 3.63) is 27.8 Å². The molecule has 17 heavy (non-hydrogen) atoms. The van der Waals surface area contributed by atoms with Gasteiger partial charge in [-0.25, -0.2) is 0 Å². The maximum atomic E-state index is 5.42. The van der Waals surface area contributed by atoms with Crippen molar-refractivity contribution in [3.63, 3.8) is 0 Å². The Kier molecular flexibility index (Phi) is 3.49. The lowest BCUT2D eigenvalue weighted by molar-refractivity contribution is 0.356. The molecule has 1 aromatic carbocycles. The van der Waals surface area contributed by atoms with Gasteiger partial charge in [-0.3, -0.25) is 0 Å². The normalized spacial score (nSPS) is 10.3. The number of aromatic nitrogens is 1. The van der Waals surface area contributed by atoms with E-state index in [0.717, 1.165) is 31.6 Å². The third-order valence-corrected chi connectivity index (χ3v) is 3.84. The number of para-hydroxylation sites is 1. The predicted molar refractivity (Wildman–Crippen MR) is 72.8 cm³/mol. The van der Waals surface area contributed by atoms with Gasteiger partial charge in [0.05, 0.1) is 19.1 Å². The van der Waals surface area contributed by atoms with E-state index in [2.05, 4.69) is 4.98 Å². The van der Waals surface area contributed by atoms with Gasteiger partial charge in [0, 0.05) is 11.3 Å². The molecule has 0 saturated heterocycles. The van der Waals surface area contributed by atoms with Crippen LogP contribution in [0, 0.1) is 10.9 Å². The first-order valence-corrected chi connectivity index (χ1v) is 6.31. The fourth-order valence-corrected chi connectivity index (χ4v) is 2.99. The van der Waals surface area contributed by atoms with Crippen molar-refractivity contribution in [2.75, 3.05) is 14.2 Å². The molecule has 0 saturated carbocycles. The van der Waals surface area contributed by atoms with E-state index in [1.54, 1.807) is 14.2 Å². The van der Waals surface area contributed by atoms with E-state index in [1.807, 2.05) is 25.1 Å². The standard InChI is InChI=1S/C12H13NO2S2/c1-7-11(17-12(16)13-7)8-5-4-6-9(14-2)10(8)15-3/h4-6H,1-3H3,(H,13,16). The molecule has 0 bridgehead atoms. The number of hydrogen-bond acceptors (Lipinski definition) is 4. The molecule has 0 aliphatic heterocycles. The Morgan fingerprint density at radius 2 is 2.00 bits per heavy atom. The molecule has 1 heterocycles. The third kappa shape index (κ3) is 2.21. The summed E-state index contributed by atoms with van der Waals surface area (Å²) >= 11 is 6.69. The first-order valence-electron chi connectivity index (χ1n) is 5.08. The molecular weight excluding hydrogens is 254 g/mol. The van der Waals surface area contributed by atoms with Gasteiger partial charge in [0.25, 0.3) is 0 Å². The van der Waals surface area contributed by atoms with Gasteiger partial charge in [-0.15, -0.1) is 11.3 Å². The number of ether oxygens (including phenoxy) is 2. The molecule has 0 aliphatic carbocycles. The van der Waals surface area contributed by atoms with Crippen molar-refractivity contribution in [1.29, 1.82) is 0 Å². The maximum absolute atomic E-state index is 5.42. The van der Waals surface area contributed by atoms with Crippen LogP contribution in [0.1, 0.15) is 5.69 Å². The number of hydrogen-bond donors (Lipinski definition) is 1. The second-order valence-electron chi connectivity index (χ2n) is 3.51. The van der Waals surface area contributed by atoms with Crippen LogP contribution in [0.3, 0.4) is 0 Å². The molecule has 0 spiro atoms. The van der Waals surface area contributed by atoms with Crippen LogP contribution in [-0.2, 0) is 0 Å². The number of methoxy groups -OCH3 is 2. The quantitative estimate of drug-likeness (QED) is 0.859. The van der Waals surface area contributed by atoms with Gasteiger partial charge in [0.2, 0.25) is 0 Å². The monoisotopic (exact) mass is 267 g/mol. The maximum Gasteiger partial charge on any atom is 0.169 e. The van der Waals surface area contributed by atoms with Crippen LogP contribution in [0.25, 0.3) is 10.4 Å². The summed E-state index contributed by atoms with van der Waals surface area (Å²) in [5, 5.41) is 0. The van der Waals surface area contributed by atoms with Gasteiger partial charge in [-0.2, -0.15) is 0 Å². The van der Waals surface area contributed by atoms with Crippen LogP contribution in [0.15, 0.2) is 18.2 Å². The van der Waals surface area contributed by atoms with E-state index < -0.39 is 0 Å². The lowest BCUT2D eigenvalue weighted by Gasteiger charge is -2.11. The van der Waals surface area contributed by atoms with Crippen molar-refractivity contribution in [2.24, 2.45) is 0 Å². The molecule has 90 valence electrons. The molecule has 3 nitrogen and oxygen atoms in total. The number of aryl methyl sites for hydroxylation is 1. The van der Waals surface area contributed by atoms with Crippen LogP contribution in [0.4, 0.5) is 0 Å². The van der Waals surface area contributed by atoms with Gasteiger partial charge in [-0.1, -0.05) is 6.07 Å². The molecule has 1 N–H and O–H groups in total. The lowest BCUT2D eigenvalue weighted by Crippen LogP contribution is -1.92. The van der Waals surface area contributed by atoms with Crippen LogP contribution in [-0.4, -0.2) is 19.2 Å². The lowest BCUT2D eigenvalue weighted by atomic mass is 10.1. The largest absolute Gasteiger partial charge is 0.493 e. The van der Waals surface area contributed by atoms with Crippen molar-refractivity contribution in [3.8, 4) is 21.9 Å². The summed E-state index contributed by atoms with van der Waals surface area (Å²) in [4.78, 5) is 4.22. The third-order valence-electron chi connectivity index (χ3n) is 2.47. The molecule has 5 heteroatoms. The molecule has 0 atom stereocenters. The Morgan fingerprint density at radius 3 is 2.53 bits per heavy atom. The highest BCUT2D eigenvalue weighted by molar-refractivity contribution is 7.73. The van der Waals surface area contributed by atoms with Gasteiger partial charge < -0.3 is 14.5 Å². The summed E-state index contributed by atoms with van der Waals surface area (Å²) in [5.74, 6) is 1.46. The van der Waals surface area contributed by atoms with Crippen LogP contribution in [0.2, 0.25) is 0 Å². The van der Waals surface area contributed by atoms with Gasteiger partial charge in [0.15, 0.2) is 15.5 Å². The molecule has 0 radical (unpaired) electrons. The average molecular weight is 267 g/mol. The van der Waals surface area contributed by atoms with Crippen molar-refractivity contribution < 1.29 is 9.47 Å². The molecule has 0 fully saturated rings. The number of H-pyrrole nitrogens is 1. The minimum atomic E-state index is 0.726. The van der Waals surface area contributed by atoms with E-state index in [9.17, 15) is 0 Å². The van der Waals surface area contributed by atoms with E-state index in [1.165, 1.54) is 11.3 Å². The summed E-state index contributed by atoms with van der Waals surface area (Å²) < 4.78 is 11.5. The molecule has 2 rings (SSSR count). The number of benzene rings is 1. The highest BCUT2D eigenvalue weighted by Gasteiger charge is 2.14. The van der Waals surface area contributed by atoms with Crippen LogP contribution < -0.4 is 9.47 Å². The predicted octanol–water partition coefficient (Wildman–Crippen LogP) is 3.80. The van der Waals surface area contributed by atoms with Gasteiger partial charge in [0.1, 0.15) is 0 Å². The SMILES string of the molecule is COc1cccc(-c2sc(=S)[nH]c2C)c1OC. The Morgan fingerprint density at radius 1 is 1.24 bits per heavy atom. The summed E-state index contributed by atoms with van der Waals surface area (Å²) in [6, 6.07) is 5.82. The molecule has 0 aliphatic rings. The number of nitrogens with one attached hydrogen (secondary N) is 1. The second kappa shape index (κ2) is 4.89. The molecule has 0 unspecified atom stereocenters. The van der Waals surface area contributed by atoms with E-state index in [-0.39, 0.29) is 0 Å². The van der Waals surface area contributed by atoms with Crippen molar-refractivity contribution in [1.82, 2.24) is 4.98 Å². The number of aromatic amines is 1. The molecule has 2 aromatic rings. The topological polar surface area (TPSA) is 34.2 Å². The Labute approximate surface area is 109 Å². The number of thiazole rings is 1. The zero-order chi connectivity index (χ0) is 12.4. The molecule has 0 amide bonds. The summed E-state index contributed by atoms with van der Waals surface area (Å²) in [5.41, 5.74) is 2.05. The second-order valence-corrected chi connectivity index (χ2v) is 5.20. The Balaban J connectivity index is 2.67. The average Bonchev–Trinajstić information content (AvgIpc) is 2.67. The minimum Gasteiger partial charge on any atom is -0.493 e. The Bertz CT molecular complexity index is 586. The molecular formula is C12H13NO2S2. The van der Waals surface area contributed by atoms with Gasteiger partial charge >= 0.3 is 0 Å². The summed E-state index contributed by atoms with van der Waals surface area (Å²) in [7, 11) is 3.27. The zero-order valence-electron chi connectivity index (χ0n) is 9.87.